The number of aryl methyl sites for hydroxylation is 1. The quantitative estimate of drug-likeness (QED) is 0.518. The molecular weight excluding hydrogens is 352 g/mol. The standard InChI is InChI=1S/C14H11BrN4OS/c1-8-5-3-4-6-9(8)12-18-19-13(20-12)11-10(15)7-16-14(17-11)21-2/h3-7H,1-2H3. The molecule has 0 aliphatic heterocycles. The zero-order valence-corrected chi connectivity index (χ0v) is 13.8. The van der Waals surface area contributed by atoms with E-state index >= 15 is 0 Å². The van der Waals surface area contributed by atoms with Crippen LogP contribution < -0.4 is 0 Å². The highest BCUT2D eigenvalue weighted by Crippen LogP contribution is 2.29. The minimum Gasteiger partial charge on any atom is -0.415 e. The van der Waals surface area contributed by atoms with Crippen LogP contribution in [0.5, 0.6) is 0 Å². The molecule has 0 bridgehead atoms. The van der Waals surface area contributed by atoms with Crippen molar-refractivity contribution in [2.75, 3.05) is 6.26 Å². The first kappa shape index (κ1) is 14.2. The van der Waals surface area contributed by atoms with Gasteiger partial charge in [0, 0.05) is 11.8 Å². The Morgan fingerprint density at radius 2 is 1.90 bits per heavy atom. The van der Waals surface area contributed by atoms with Crippen molar-refractivity contribution >= 4 is 27.7 Å². The van der Waals surface area contributed by atoms with Crippen LogP contribution in [0.3, 0.4) is 0 Å². The van der Waals surface area contributed by atoms with Gasteiger partial charge >= 0.3 is 0 Å². The summed E-state index contributed by atoms with van der Waals surface area (Å²) in [5.74, 6) is 0.858. The minimum atomic E-state index is 0.373. The number of nitrogens with zero attached hydrogens (tertiary/aromatic N) is 4. The lowest BCUT2D eigenvalue weighted by molar-refractivity contribution is 0.580. The second-order valence-electron chi connectivity index (χ2n) is 4.28. The van der Waals surface area contributed by atoms with Gasteiger partial charge in [-0.2, -0.15) is 0 Å². The van der Waals surface area contributed by atoms with Crippen LogP contribution >= 0.6 is 27.7 Å². The molecule has 0 atom stereocenters. The zero-order valence-electron chi connectivity index (χ0n) is 11.4. The molecule has 0 aliphatic rings. The monoisotopic (exact) mass is 362 g/mol. The lowest BCUT2D eigenvalue weighted by Gasteiger charge is -2.01. The predicted octanol–water partition coefficient (Wildman–Crippen LogP) is 3.99. The van der Waals surface area contributed by atoms with Crippen molar-refractivity contribution in [2.24, 2.45) is 0 Å². The van der Waals surface area contributed by atoms with E-state index in [-0.39, 0.29) is 0 Å². The highest BCUT2D eigenvalue weighted by Gasteiger charge is 2.16. The lowest BCUT2D eigenvalue weighted by atomic mass is 10.1. The van der Waals surface area contributed by atoms with Crippen LogP contribution in [0.4, 0.5) is 0 Å². The fourth-order valence-corrected chi connectivity index (χ4v) is 2.54. The smallest absolute Gasteiger partial charge is 0.267 e. The largest absolute Gasteiger partial charge is 0.415 e. The van der Waals surface area contributed by atoms with Gasteiger partial charge in [-0.25, -0.2) is 9.97 Å². The van der Waals surface area contributed by atoms with Crippen molar-refractivity contribution < 1.29 is 4.42 Å². The maximum Gasteiger partial charge on any atom is 0.267 e. The first-order valence-electron chi connectivity index (χ1n) is 6.15. The van der Waals surface area contributed by atoms with Crippen LogP contribution in [0, 0.1) is 6.92 Å². The van der Waals surface area contributed by atoms with Crippen LogP contribution in [0.15, 0.2) is 44.5 Å². The fraction of sp³-hybridized carbons (Fsp3) is 0.143. The van der Waals surface area contributed by atoms with E-state index in [1.54, 1.807) is 6.20 Å². The van der Waals surface area contributed by atoms with Gasteiger partial charge < -0.3 is 4.42 Å². The van der Waals surface area contributed by atoms with Crippen molar-refractivity contribution in [1.82, 2.24) is 20.2 Å². The lowest BCUT2D eigenvalue weighted by Crippen LogP contribution is -1.91. The van der Waals surface area contributed by atoms with E-state index < -0.39 is 0 Å². The first-order valence-corrected chi connectivity index (χ1v) is 8.17. The average molecular weight is 363 g/mol. The van der Waals surface area contributed by atoms with E-state index in [1.165, 1.54) is 11.8 Å². The summed E-state index contributed by atoms with van der Waals surface area (Å²) in [4.78, 5) is 8.58. The molecule has 21 heavy (non-hydrogen) atoms. The molecule has 3 aromatic rings. The van der Waals surface area contributed by atoms with Crippen molar-refractivity contribution in [3.05, 3.63) is 40.5 Å². The van der Waals surface area contributed by atoms with Crippen LogP contribution in [-0.4, -0.2) is 26.4 Å². The Kier molecular flexibility index (Phi) is 4.03. The van der Waals surface area contributed by atoms with Gasteiger partial charge in [0.25, 0.3) is 5.89 Å². The Hall–Kier alpha value is -1.73. The van der Waals surface area contributed by atoms with Gasteiger partial charge in [-0.3, -0.25) is 0 Å². The number of aromatic nitrogens is 4. The van der Waals surface area contributed by atoms with Gasteiger partial charge in [-0.05, 0) is 40.7 Å². The molecular formula is C14H11BrN4OS. The molecule has 0 aliphatic carbocycles. The fourth-order valence-electron chi connectivity index (χ4n) is 1.84. The van der Waals surface area contributed by atoms with E-state index in [0.717, 1.165) is 15.6 Å². The summed E-state index contributed by atoms with van der Waals surface area (Å²) in [6, 6.07) is 7.88. The Bertz CT molecular complexity index is 790. The summed E-state index contributed by atoms with van der Waals surface area (Å²) >= 11 is 4.87. The Morgan fingerprint density at radius 3 is 2.67 bits per heavy atom. The van der Waals surface area contributed by atoms with Gasteiger partial charge in [0.15, 0.2) is 5.16 Å². The van der Waals surface area contributed by atoms with Crippen molar-refractivity contribution in [2.45, 2.75) is 12.1 Å². The Morgan fingerprint density at radius 1 is 1.14 bits per heavy atom. The van der Waals surface area contributed by atoms with Gasteiger partial charge in [0.05, 0.1) is 4.47 Å². The minimum absolute atomic E-state index is 0.373. The molecule has 0 saturated carbocycles. The van der Waals surface area contributed by atoms with Crippen LogP contribution in [0.2, 0.25) is 0 Å². The normalized spacial score (nSPS) is 10.8. The topological polar surface area (TPSA) is 64.7 Å². The molecule has 106 valence electrons. The van der Waals surface area contributed by atoms with E-state index in [9.17, 15) is 0 Å². The summed E-state index contributed by atoms with van der Waals surface area (Å²) < 4.78 is 6.49. The van der Waals surface area contributed by atoms with Crippen molar-refractivity contribution in [3.8, 4) is 23.0 Å². The maximum absolute atomic E-state index is 5.77. The molecule has 1 aromatic carbocycles. The molecule has 3 rings (SSSR count). The molecule has 0 radical (unpaired) electrons. The van der Waals surface area contributed by atoms with Gasteiger partial charge in [-0.15, -0.1) is 10.2 Å². The molecule has 0 unspecified atom stereocenters. The second-order valence-corrected chi connectivity index (χ2v) is 5.91. The van der Waals surface area contributed by atoms with Gasteiger partial charge in [0.2, 0.25) is 5.89 Å². The first-order chi connectivity index (χ1) is 10.2. The SMILES string of the molecule is CSc1ncc(Br)c(-c2nnc(-c3ccccc3C)o2)n1. The van der Waals surface area contributed by atoms with Crippen LogP contribution in [0.1, 0.15) is 5.56 Å². The number of rotatable bonds is 3. The summed E-state index contributed by atoms with van der Waals surface area (Å²) in [5, 5.41) is 8.87. The van der Waals surface area contributed by atoms with Crippen molar-refractivity contribution in [1.29, 1.82) is 0 Å². The molecule has 5 nitrogen and oxygen atoms in total. The number of halogens is 1. The summed E-state index contributed by atoms with van der Waals surface area (Å²) in [6.45, 7) is 2.01. The molecule has 0 fully saturated rings. The van der Waals surface area contributed by atoms with Gasteiger partial charge in [-0.1, -0.05) is 30.0 Å². The van der Waals surface area contributed by atoms with Crippen molar-refractivity contribution in [3.63, 3.8) is 0 Å². The maximum atomic E-state index is 5.77. The van der Waals surface area contributed by atoms with E-state index in [4.69, 9.17) is 4.42 Å². The van der Waals surface area contributed by atoms with E-state index in [0.29, 0.717) is 22.6 Å². The molecule has 0 N–H and O–H groups in total. The highest BCUT2D eigenvalue weighted by molar-refractivity contribution is 9.10. The third-order valence-corrected chi connectivity index (χ3v) is 4.05. The molecule has 2 aromatic heterocycles. The second kappa shape index (κ2) is 5.95. The Balaban J connectivity index is 2.05. The number of hydrogen-bond donors (Lipinski definition) is 0. The van der Waals surface area contributed by atoms with E-state index in [1.807, 2.05) is 37.4 Å². The third-order valence-electron chi connectivity index (χ3n) is 2.91. The van der Waals surface area contributed by atoms with Crippen LogP contribution in [-0.2, 0) is 0 Å². The number of thioether (sulfide) groups is 1. The summed E-state index contributed by atoms with van der Waals surface area (Å²) in [7, 11) is 0. The van der Waals surface area contributed by atoms with Gasteiger partial charge in [0.1, 0.15) is 5.69 Å². The zero-order chi connectivity index (χ0) is 14.8. The molecule has 7 heteroatoms. The molecule has 0 amide bonds. The number of benzene rings is 1. The predicted molar refractivity (Wildman–Crippen MR) is 85.0 cm³/mol. The average Bonchev–Trinajstić information content (AvgIpc) is 2.97. The molecule has 0 saturated heterocycles. The molecule has 2 heterocycles. The highest BCUT2D eigenvalue weighted by atomic mass is 79.9. The Labute approximate surface area is 134 Å². The summed E-state index contributed by atoms with van der Waals surface area (Å²) in [6.07, 6.45) is 3.60. The summed E-state index contributed by atoms with van der Waals surface area (Å²) in [5.41, 5.74) is 2.60. The third kappa shape index (κ3) is 2.84. The van der Waals surface area contributed by atoms with E-state index in [2.05, 4.69) is 36.1 Å². The number of hydrogen-bond acceptors (Lipinski definition) is 6. The molecule has 0 spiro atoms. The van der Waals surface area contributed by atoms with Crippen LogP contribution in [0.25, 0.3) is 23.0 Å².